The topological polar surface area (TPSA) is 54.2 Å². The molecule has 0 saturated heterocycles. The van der Waals surface area contributed by atoms with Gasteiger partial charge in [-0.25, -0.2) is 18.4 Å². The molecule has 156 valence electrons. The summed E-state index contributed by atoms with van der Waals surface area (Å²) in [4.78, 5) is 5.92. The molecule has 2 heterocycles. The second kappa shape index (κ2) is 8.41. The number of hydrogen-bond acceptors (Lipinski definition) is 5. The first-order valence-electron chi connectivity index (χ1n) is 9.45. The van der Waals surface area contributed by atoms with Crippen LogP contribution < -0.4 is 4.90 Å². The van der Waals surface area contributed by atoms with Crippen LogP contribution in [-0.4, -0.2) is 36.0 Å². The Balaban J connectivity index is 1.63. The molecular weight excluding hydrogens is 426 g/mol. The Hall–Kier alpha value is -2.36. The largest absolute Gasteiger partial charge is 0.382 e. The smallest absolute Gasteiger partial charge is 0.141 e. The van der Waals surface area contributed by atoms with Crippen LogP contribution in [0.25, 0.3) is 0 Å². The lowest BCUT2D eigenvalue weighted by atomic mass is 9.90. The van der Waals surface area contributed by atoms with Crippen LogP contribution in [-0.2, 0) is 18.6 Å². The van der Waals surface area contributed by atoms with E-state index in [4.69, 9.17) is 12.2 Å². The van der Waals surface area contributed by atoms with Gasteiger partial charge >= 0.3 is 0 Å². The molecule has 4 rings (SSSR count). The molecule has 2 aromatic carbocycles. The third-order valence-electron chi connectivity index (χ3n) is 5.32. The van der Waals surface area contributed by atoms with E-state index in [2.05, 4.69) is 16.1 Å². The molecule has 1 aliphatic rings. The molecule has 0 saturated carbocycles. The van der Waals surface area contributed by atoms with Crippen LogP contribution in [0, 0.1) is 11.6 Å². The summed E-state index contributed by atoms with van der Waals surface area (Å²) in [5.74, 6) is -1.52. The van der Waals surface area contributed by atoms with E-state index >= 15 is 0 Å². The molecule has 0 radical (unpaired) electrons. The summed E-state index contributed by atoms with van der Waals surface area (Å²) in [6, 6.07) is 11.2. The van der Waals surface area contributed by atoms with Crippen molar-refractivity contribution < 1.29 is 13.9 Å². The monoisotopic (exact) mass is 446 g/mol. The highest BCUT2D eigenvalue weighted by Gasteiger charge is 2.41. The average Bonchev–Trinajstić information content (AvgIpc) is 3.37. The Morgan fingerprint density at radius 2 is 2.10 bits per heavy atom. The zero-order chi connectivity index (χ0) is 21.3. The van der Waals surface area contributed by atoms with Crippen LogP contribution in [0.5, 0.6) is 0 Å². The molecule has 0 bridgehead atoms. The van der Waals surface area contributed by atoms with E-state index in [9.17, 15) is 13.9 Å². The molecule has 0 spiro atoms. The fraction of sp³-hybridized carbons (Fsp3) is 0.286. The maximum Gasteiger partial charge on any atom is 0.141 e. The van der Waals surface area contributed by atoms with Gasteiger partial charge in [-0.05, 0) is 31.0 Å². The van der Waals surface area contributed by atoms with Gasteiger partial charge in [0.15, 0.2) is 0 Å². The van der Waals surface area contributed by atoms with E-state index in [-0.39, 0.29) is 12.1 Å². The Morgan fingerprint density at radius 3 is 2.83 bits per heavy atom. The van der Waals surface area contributed by atoms with Crippen molar-refractivity contribution in [1.29, 1.82) is 0 Å². The lowest BCUT2D eigenvalue weighted by Crippen LogP contribution is -2.42. The number of hydrogen-bond donors (Lipinski definition) is 1. The third kappa shape index (κ3) is 3.97. The molecule has 5 nitrogen and oxygen atoms in total. The standard InChI is InChI=1S/C21H20F2N4OS2/c1-14(30-20(29)27-9-8-15-4-2-3-5-19(15)27)21(28,11-26-13-24-12-25-26)17-7-6-16(22)10-18(17)23/h2-7,10,12-14,28H,8-9,11H2,1H3/t14-,21-/m1/s1. The first-order chi connectivity index (χ1) is 14.4. The summed E-state index contributed by atoms with van der Waals surface area (Å²) in [7, 11) is 0. The molecule has 0 fully saturated rings. The second-order valence-corrected chi connectivity index (χ2v) is 9.17. The molecule has 0 aliphatic carbocycles. The zero-order valence-electron chi connectivity index (χ0n) is 16.2. The fourth-order valence-corrected chi connectivity index (χ4v) is 5.31. The predicted molar refractivity (Wildman–Crippen MR) is 117 cm³/mol. The molecule has 2 atom stereocenters. The lowest BCUT2D eigenvalue weighted by Gasteiger charge is -2.35. The summed E-state index contributed by atoms with van der Waals surface area (Å²) in [5, 5.41) is 15.1. The van der Waals surface area contributed by atoms with Gasteiger partial charge < -0.3 is 10.0 Å². The number of aromatic nitrogens is 3. The van der Waals surface area contributed by atoms with Crippen LogP contribution >= 0.6 is 24.0 Å². The van der Waals surface area contributed by atoms with Crippen molar-refractivity contribution in [1.82, 2.24) is 14.8 Å². The van der Waals surface area contributed by atoms with Gasteiger partial charge in [-0.15, -0.1) is 0 Å². The Morgan fingerprint density at radius 1 is 1.30 bits per heavy atom. The van der Waals surface area contributed by atoms with E-state index in [0.717, 1.165) is 30.8 Å². The molecule has 0 amide bonds. The van der Waals surface area contributed by atoms with Crippen LogP contribution in [0.3, 0.4) is 0 Å². The minimum absolute atomic E-state index is 0.0102. The van der Waals surface area contributed by atoms with E-state index < -0.39 is 22.5 Å². The van der Waals surface area contributed by atoms with Crippen molar-refractivity contribution in [2.45, 2.75) is 30.7 Å². The SMILES string of the molecule is C[C@@H](SC(=S)N1CCc2ccccc21)[C@](O)(Cn1cncn1)c1ccc(F)cc1F. The summed E-state index contributed by atoms with van der Waals surface area (Å²) < 4.78 is 30.2. The number of thioether (sulfide) groups is 1. The Kier molecular flexibility index (Phi) is 5.86. The van der Waals surface area contributed by atoms with Crippen molar-refractivity contribution in [2.75, 3.05) is 11.4 Å². The molecule has 1 N–H and O–H groups in total. The number of nitrogens with zero attached hydrogens (tertiary/aromatic N) is 4. The van der Waals surface area contributed by atoms with Crippen molar-refractivity contribution in [3.05, 3.63) is 77.9 Å². The molecule has 1 aliphatic heterocycles. The van der Waals surface area contributed by atoms with Crippen LogP contribution in [0.2, 0.25) is 0 Å². The van der Waals surface area contributed by atoms with Gasteiger partial charge in [0, 0.05) is 29.1 Å². The average molecular weight is 447 g/mol. The maximum atomic E-state index is 14.7. The van der Waals surface area contributed by atoms with Gasteiger partial charge in [-0.1, -0.05) is 48.2 Å². The Bertz CT molecular complexity index is 1060. The highest BCUT2D eigenvalue weighted by atomic mass is 32.2. The number of aliphatic hydroxyl groups is 1. The van der Waals surface area contributed by atoms with E-state index in [1.807, 2.05) is 23.1 Å². The normalized spacial score (nSPS) is 16.2. The van der Waals surface area contributed by atoms with Gasteiger partial charge in [0.2, 0.25) is 0 Å². The van der Waals surface area contributed by atoms with Crippen LogP contribution in [0.4, 0.5) is 14.5 Å². The minimum atomic E-state index is -1.69. The zero-order valence-corrected chi connectivity index (χ0v) is 17.8. The van der Waals surface area contributed by atoms with E-state index in [1.54, 1.807) is 6.92 Å². The summed E-state index contributed by atoms with van der Waals surface area (Å²) in [6.07, 6.45) is 3.67. The molecule has 30 heavy (non-hydrogen) atoms. The second-order valence-electron chi connectivity index (χ2n) is 7.20. The van der Waals surface area contributed by atoms with E-state index in [0.29, 0.717) is 4.32 Å². The molecule has 1 aromatic heterocycles. The number of rotatable bonds is 5. The van der Waals surface area contributed by atoms with Crippen molar-refractivity contribution in [3.63, 3.8) is 0 Å². The number of fused-ring (bicyclic) bond motifs is 1. The number of para-hydroxylation sites is 1. The summed E-state index contributed by atoms with van der Waals surface area (Å²) >= 11 is 6.96. The number of anilines is 1. The molecule has 0 unspecified atom stereocenters. The quantitative estimate of drug-likeness (QED) is 0.600. The number of thiocarbonyl (C=S) groups is 1. The molecular formula is C21H20F2N4OS2. The van der Waals surface area contributed by atoms with Crippen LogP contribution in [0.1, 0.15) is 18.1 Å². The molecule has 3 aromatic rings. The maximum absolute atomic E-state index is 14.7. The Labute approximate surface area is 182 Å². The van der Waals surface area contributed by atoms with Gasteiger partial charge in [-0.2, -0.15) is 5.10 Å². The highest BCUT2D eigenvalue weighted by Crippen LogP contribution is 2.39. The first-order valence-corrected chi connectivity index (χ1v) is 10.7. The summed E-state index contributed by atoms with van der Waals surface area (Å²) in [6.45, 7) is 2.48. The van der Waals surface area contributed by atoms with Gasteiger partial charge in [-0.3, -0.25) is 0 Å². The number of benzene rings is 2. The predicted octanol–water partition coefficient (Wildman–Crippen LogP) is 3.91. The van der Waals surface area contributed by atoms with Crippen molar-refractivity contribution in [3.8, 4) is 0 Å². The van der Waals surface area contributed by atoms with Gasteiger partial charge in [0.25, 0.3) is 0 Å². The summed E-state index contributed by atoms with van der Waals surface area (Å²) in [5.41, 5.74) is 0.564. The fourth-order valence-electron chi connectivity index (χ4n) is 3.67. The lowest BCUT2D eigenvalue weighted by molar-refractivity contribution is 0.0136. The molecule has 9 heteroatoms. The van der Waals surface area contributed by atoms with Gasteiger partial charge in [0.05, 0.1) is 6.54 Å². The minimum Gasteiger partial charge on any atom is -0.382 e. The van der Waals surface area contributed by atoms with Crippen molar-refractivity contribution in [2.24, 2.45) is 0 Å². The van der Waals surface area contributed by atoms with Gasteiger partial charge in [0.1, 0.15) is 34.2 Å². The third-order valence-corrected chi connectivity index (χ3v) is 7.00. The first kappa shape index (κ1) is 20.9. The van der Waals surface area contributed by atoms with Crippen LogP contribution in [0.15, 0.2) is 55.1 Å². The number of halogens is 2. The van der Waals surface area contributed by atoms with E-state index in [1.165, 1.54) is 40.7 Å². The van der Waals surface area contributed by atoms with Crippen molar-refractivity contribution >= 4 is 34.0 Å². The highest BCUT2D eigenvalue weighted by molar-refractivity contribution is 8.23.